The molecule has 1 unspecified atom stereocenters. The molecule has 0 saturated carbocycles. The van der Waals surface area contributed by atoms with E-state index < -0.39 is 0 Å². The fourth-order valence-electron chi connectivity index (χ4n) is 1.23. The van der Waals surface area contributed by atoms with Crippen molar-refractivity contribution in [2.75, 3.05) is 19.6 Å². The molecular weight excluding hydrogens is 160 g/mol. The van der Waals surface area contributed by atoms with E-state index in [9.17, 15) is 0 Å². The van der Waals surface area contributed by atoms with Gasteiger partial charge in [0.05, 0.1) is 0 Å². The first-order chi connectivity index (χ1) is 5.25. The Morgan fingerprint density at radius 2 is 2.55 bits per heavy atom. The Balaban J connectivity index is 2.47. The van der Waals surface area contributed by atoms with Gasteiger partial charge < -0.3 is 15.6 Å². The lowest BCUT2D eigenvalue weighted by Crippen LogP contribution is -2.56. The number of rotatable bonds is 0. The van der Waals surface area contributed by atoms with Crippen LogP contribution in [-0.4, -0.2) is 35.7 Å². The highest BCUT2D eigenvalue weighted by Crippen LogP contribution is 2.01. The van der Waals surface area contributed by atoms with E-state index in [-0.39, 0.29) is 0 Å². The first-order valence-electron chi connectivity index (χ1n) is 3.73. The molecule has 0 radical (unpaired) electrons. The van der Waals surface area contributed by atoms with E-state index in [2.05, 4.69) is 22.6 Å². The van der Waals surface area contributed by atoms with Crippen molar-refractivity contribution in [1.82, 2.24) is 15.6 Å². The average molecular weight is 174 g/mol. The second-order valence-electron chi connectivity index (χ2n) is 2.70. The number of piperazine rings is 1. The van der Waals surface area contributed by atoms with Crippen molar-refractivity contribution in [2.24, 2.45) is 5.84 Å². The quantitative estimate of drug-likeness (QED) is 0.251. The molecule has 1 fully saturated rings. The first kappa shape index (κ1) is 8.70. The van der Waals surface area contributed by atoms with Crippen molar-refractivity contribution in [1.29, 1.82) is 0 Å². The summed E-state index contributed by atoms with van der Waals surface area (Å²) >= 11 is 5.01. The molecule has 0 spiro atoms. The standard InChI is InChI=1S/C6H14N4S/c1-5-4-8-2-3-10(5)6(11)9-7/h5,8H,2-4,7H2,1H3,(H,9,11). The maximum atomic E-state index is 5.21. The molecular formula is C6H14N4S. The summed E-state index contributed by atoms with van der Waals surface area (Å²) in [5.41, 5.74) is 2.49. The molecule has 0 aromatic carbocycles. The fraction of sp³-hybridized carbons (Fsp3) is 0.833. The molecule has 1 aliphatic heterocycles. The van der Waals surface area contributed by atoms with E-state index in [0.29, 0.717) is 11.2 Å². The van der Waals surface area contributed by atoms with E-state index in [1.165, 1.54) is 0 Å². The lowest BCUT2D eigenvalue weighted by atomic mass is 10.2. The highest BCUT2D eigenvalue weighted by atomic mass is 32.1. The number of thiocarbonyl (C=S) groups is 1. The number of hydrogen-bond donors (Lipinski definition) is 3. The van der Waals surface area contributed by atoms with E-state index in [1.54, 1.807) is 0 Å². The van der Waals surface area contributed by atoms with Crippen LogP contribution in [0.1, 0.15) is 6.92 Å². The van der Waals surface area contributed by atoms with Gasteiger partial charge in [0, 0.05) is 25.7 Å². The van der Waals surface area contributed by atoms with Gasteiger partial charge in [-0.05, 0) is 19.1 Å². The molecule has 64 valence electrons. The monoisotopic (exact) mass is 174 g/mol. The SMILES string of the molecule is CC1CNCCN1C(=S)NN. The number of nitrogens with zero attached hydrogens (tertiary/aromatic N) is 1. The molecule has 0 aromatic rings. The highest BCUT2D eigenvalue weighted by molar-refractivity contribution is 7.80. The summed E-state index contributed by atoms with van der Waals surface area (Å²) < 4.78 is 0. The lowest BCUT2D eigenvalue weighted by Gasteiger charge is -2.35. The van der Waals surface area contributed by atoms with Gasteiger partial charge >= 0.3 is 0 Å². The van der Waals surface area contributed by atoms with Gasteiger partial charge in [-0.2, -0.15) is 0 Å². The Hall–Kier alpha value is -0.390. The molecule has 1 heterocycles. The van der Waals surface area contributed by atoms with E-state index in [4.69, 9.17) is 18.1 Å². The van der Waals surface area contributed by atoms with Crippen molar-refractivity contribution in [2.45, 2.75) is 13.0 Å². The fourth-order valence-corrected chi connectivity index (χ4v) is 1.50. The molecule has 0 aliphatic carbocycles. The summed E-state index contributed by atoms with van der Waals surface area (Å²) in [6.07, 6.45) is 0. The van der Waals surface area contributed by atoms with Crippen molar-refractivity contribution in [3.8, 4) is 0 Å². The molecule has 1 atom stereocenters. The highest BCUT2D eigenvalue weighted by Gasteiger charge is 2.18. The van der Waals surface area contributed by atoms with Crippen molar-refractivity contribution >= 4 is 17.3 Å². The Morgan fingerprint density at radius 3 is 3.09 bits per heavy atom. The predicted octanol–water partition coefficient (Wildman–Crippen LogP) is -0.972. The lowest BCUT2D eigenvalue weighted by molar-refractivity contribution is 0.271. The average Bonchev–Trinajstić information content (AvgIpc) is 2.04. The largest absolute Gasteiger partial charge is 0.343 e. The van der Waals surface area contributed by atoms with Crippen LogP contribution in [0.5, 0.6) is 0 Å². The summed E-state index contributed by atoms with van der Waals surface area (Å²) in [6.45, 7) is 5.01. The van der Waals surface area contributed by atoms with Crippen molar-refractivity contribution in [3.05, 3.63) is 0 Å². The second kappa shape index (κ2) is 3.85. The molecule has 11 heavy (non-hydrogen) atoms. The second-order valence-corrected chi connectivity index (χ2v) is 3.08. The normalized spacial score (nSPS) is 24.9. The molecule has 0 bridgehead atoms. The summed E-state index contributed by atoms with van der Waals surface area (Å²) in [5, 5.41) is 3.91. The summed E-state index contributed by atoms with van der Waals surface area (Å²) in [5.74, 6) is 5.21. The van der Waals surface area contributed by atoms with Gasteiger partial charge in [-0.3, -0.25) is 0 Å². The molecule has 0 amide bonds. The van der Waals surface area contributed by atoms with Crippen LogP contribution in [0, 0.1) is 0 Å². The topological polar surface area (TPSA) is 53.3 Å². The molecule has 1 aliphatic rings. The Morgan fingerprint density at radius 1 is 1.82 bits per heavy atom. The van der Waals surface area contributed by atoms with Crippen LogP contribution in [0.25, 0.3) is 0 Å². The zero-order chi connectivity index (χ0) is 8.27. The van der Waals surface area contributed by atoms with Gasteiger partial charge in [0.2, 0.25) is 0 Å². The third-order valence-electron chi connectivity index (χ3n) is 1.89. The molecule has 1 saturated heterocycles. The van der Waals surface area contributed by atoms with Gasteiger partial charge in [0.25, 0.3) is 0 Å². The number of nitrogens with two attached hydrogens (primary N) is 1. The summed E-state index contributed by atoms with van der Waals surface area (Å²) in [6, 6.07) is 0.437. The van der Waals surface area contributed by atoms with Crippen LogP contribution in [0.15, 0.2) is 0 Å². The van der Waals surface area contributed by atoms with E-state index in [1.807, 2.05) is 0 Å². The molecule has 4 nitrogen and oxygen atoms in total. The van der Waals surface area contributed by atoms with E-state index >= 15 is 0 Å². The van der Waals surface area contributed by atoms with Crippen LogP contribution in [0.3, 0.4) is 0 Å². The summed E-state index contributed by atoms with van der Waals surface area (Å²) in [4.78, 5) is 2.09. The molecule has 1 rings (SSSR count). The Labute approximate surface area is 72.1 Å². The van der Waals surface area contributed by atoms with Crippen LogP contribution in [0.2, 0.25) is 0 Å². The minimum atomic E-state index is 0.437. The smallest absolute Gasteiger partial charge is 0.183 e. The third kappa shape index (κ3) is 2.02. The number of nitrogens with one attached hydrogen (secondary N) is 2. The number of hydrazine groups is 1. The molecule has 5 heteroatoms. The zero-order valence-corrected chi connectivity index (χ0v) is 7.45. The van der Waals surface area contributed by atoms with Crippen LogP contribution in [-0.2, 0) is 0 Å². The van der Waals surface area contributed by atoms with Gasteiger partial charge in [-0.25, -0.2) is 5.84 Å². The van der Waals surface area contributed by atoms with Gasteiger partial charge in [0.15, 0.2) is 5.11 Å². The number of hydrogen-bond acceptors (Lipinski definition) is 3. The van der Waals surface area contributed by atoms with Crippen LogP contribution < -0.4 is 16.6 Å². The minimum Gasteiger partial charge on any atom is -0.343 e. The maximum Gasteiger partial charge on any atom is 0.183 e. The predicted molar refractivity (Wildman–Crippen MR) is 49.0 cm³/mol. The Bertz CT molecular complexity index is 150. The van der Waals surface area contributed by atoms with Gasteiger partial charge in [0.1, 0.15) is 0 Å². The van der Waals surface area contributed by atoms with E-state index in [0.717, 1.165) is 19.6 Å². The first-order valence-corrected chi connectivity index (χ1v) is 4.14. The van der Waals surface area contributed by atoms with Crippen LogP contribution >= 0.6 is 12.2 Å². The third-order valence-corrected chi connectivity index (χ3v) is 2.24. The van der Waals surface area contributed by atoms with Crippen LogP contribution in [0.4, 0.5) is 0 Å². The Kier molecular flexibility index (Phi) is 3.04. The van der Waals surface area contributed by atoms with Crippen molar-refractivity contribution in [3.63, 3.8) is 0 Å². The van der Waals surface area contributed by atoms with Gasteiger partial charge in [-0.1, -0.05) is 0 Å². The minimum absolute atomic E-state index is 0.437. The molecule has 0 aromatic heterocycles. The van der Waals surface area contributed by atoms with Crippen molar-refractivity contribution < 1.29 is 0 Å². The molecule has 4 N–H and O–H groups in total. The zero-order valence-electron chi connectivity index (χ0n) is 6.63. The maximum absolute atomic E-state index is 5.21. The van der Waals surface area contributed by atoms with Gasteiger partial charge in [-0.15, -0.1) is 0 Å². The summed E-state index contributed by atoms with van der Waals surface area (Å²) in [7, 11) is 0.